The molecular weight excluding hydrogens is 224 g/mol. The molecule has 0 fully saturated rings. The maximum atomic E-state index is 5.54. The van der Waals surface area contributed by atoms with Crippen LogP contribution in [0.5, 0.6) is 5.75 Å². The summed E-state index contributed by atoms with van der Waals surface area (Å²) in [5.41, 5.74) is 8.15. The molecule has 96 valence electrons. The lowest BCUT2D eigenvalue weighted by Crippen LogP contribution is -2.02. The van der Waals surface area contributed by atoms with Crippen molar-refractivity contribution in [2.75, 3.05) is 13.7 Å². The summed E-state index contributed by atoms with van der Waals surface area (Å²) in [7, 11) is 1.70. The number of nitrogens with two attached hydrogens (primary N) is 1. The van der Waals surface area contributed by atoms with Crippen LogP contribution >= 0.6 is 0 Å². The molecule has 0 aliphatic carbocycles. The summed E-state index contributed by atoms with van der Waals surface area (Å²) in [6, 6.07) is 10.4. The molecule has 1 aromatic carbocycles. The van der Waals surface area contributed by atoms with E-state index in [0.717, 1.165) is 25.1 Å². The molecule has 2 N–H and O–H groups in total. The third-order valence-corrected chi connectivity index (χ3v) is 3.04. The normalized spacial score (nSPS) is 10.6. The lowest BCUT2D eigenvalue weighted by molar-refractivity contribution is 0.414. The highest BCUT2D eigenvalue weighted by Gasteiger charge is 1.99. The summed E-state index contributed by atoms with van der Waals surface area (Å²) in [6.07, 6.45) is 6.25. The Balaban J connectivity index is 1.93. The van der Waals surface area contributed by atoms with E-state index in [4.69, 9.17) is 10.5 Å². The molecule has 3 heteroatoms. The van der Waals surface area contributed by atoms with Gasteiger partial charge < -0.3 is 15.0 Å². The van der Waals surface area contributed by atoms with Crippen molar-refractivity contribution in [3.8, 4) is 5.75 Å². The van der Waals surface area contributed by atoms with Gasteiger partial charge in [0.25, 0.3) is 0 Å². The van der Waals surface area contributed by atoms with Gasteiger partial charge in [0.1, 0.15) is 5.75 Å². The van der Waals surface area contributed by atoms with Crippen molar-refractivity contribution >= 4 is 0 Å². The molecule has 0 saturated carbocycles. The number of hydrogen-bond donors (Lipinski definition) is 1. The fraction of sp³-hybridized carbons (Fsp3) is 0.333. The number of nitrogens with zero attached hydrogens (tertiary/aromatic N) is 1. The van der Waals surface area contributed by atoms with E-state index in [-0.39, 0.29) is 0 Å². The van der Waals surface area contributed by atoms with Crippen molar-refractivity contribution in [2.24, 2.45) is 5.73 Å². The van der Waals surface area contributed by atoms with Gasteiger partial charge in [0, 0.05) is 18.9 Å². The predicted molar refractivity (Wildman–Crippen MR) is 73.9 cm³/mol. The van der Waals surface area contributed by atoms with Crippen molar-refractivity contribution in [1.29, 1.82) is 0 Å². The van der Waals surface area contributed by atoms with Gasteiger partial charge in [0.2, 0.25) is 0 Å². The Morgan fingerprint density at radius 3 is 2.83 bits per heavy atom. The van der Waals surface area contributed by atoms with Gasteiger partial charge in [-0.05, 0) is 48.7 Å². The SMILES string of the molecule is COc1cccc(CCn2ccc(CCN)c2)c1. The van der Waals surface area contributed by atoms with E-state index in [0.29, 0.717) is 6.54 Å². The highest BCUT2D eigenvalue weighted by molar-refractivity contribution is 5.28. The first-order valence-corrected chi connectivity index (χ1v) is 6.29. The summed E-state index contributed by atoms with van der Waals surface area (Å²) < 4.78 is 7.44. The Hall–Kier alpha value is -1.74. The van der Waals surface area contributed by atoms with Crippen LogP contribution < -0.4 is 10.5 Å². The van der Waals surface area contributed by atoms with Crippen LogP contribution in [0.3, 0.4) is 0 Å². The van der Waals surface area contributed by atoms with Gasteiger partial charge in [-0.2, -0.15) is 0 Å². The summed E-state index contributed by atoms with van der Waals surface area (Å²) in [4.78, 5) is 0. The predicted octanol–water partition coefficient (Wildman–Crippen LogP) is 2.24. The van der Waals surface area contributed by atoms with E-state index in [2.05, 4.69) is 35.2 Å². The number of benzene rings is 1. The fourth-order valence-electron chi connectivity index (χ4n) is 2.03. The van der Waals surface area contributed by atoms with E-state index in [1.54, 1.807) is 7.11 Å². The number of hydrogen-bond acceptors (Lipinski definition) is 2. The molecule has 0 bridgehead atoms. The van der Waals surface area contributed by atoms with E-state index >= 15 is 0 Å². The van der Waals surface area contributed by atoms with Gasteiger partial charge in [-0.15, -0.1) is 0 Å². The topological polar surface area (TPSA) is 40.2 Å². The maximum Gasteiger partial charge on any atom is 0.119 e. The highest BCUT2D eigenvalue weighted by Crippen LogP contribution is 2.13. The zero-order valence-corrected chi connectivity index (χ0v) is 10.8. The average molecular weight is 244 g/mol. The summed E-state index contributed by atoms with van der Waals surface area (Å²) >= 11 is 0. The van der Waals surface area contributed by atoms with Gasteiger partial charge in [0.05, 0.1) is 7.11 Å². The van der Waals surface area contributed by atoms with Crippen LogP contribution in [0.2, 0.25) is 0 Å². The first-order chi connectivity index (χ1) is 8.81. The minimum atomic E-state index is 0.708. The van der Waals surface area contributed by atoms with Crippen LogP contribution in [0, 0.1) is 0 Å². The molecular formula is C15H20N2O. The quantitative estimate of drug-likeness (QED) is 0.846. The van der Waals surface area contributed by atoms with Gasteiger partial charge in [0.15, 0.2) is 0 Å². The van der Waals surface area contributed by atoms with Crippen LogP contribution in [0.1, 0.15) is 11.1 Å². The Morgan fingerprint density at radius 1 is 1.17 bits per heavy atom. The minimum absolute atomic E-state index is 0.708. The van der Waals surface area contributed by atoms with Crippen molar-refractivity contribution in [2.45, 2.75) is 19.4 Å². The number of methoxy groups -OCH3 is 1. The van der Waals surface area contributed by atoms with Crippen LogP contribution in [-0.4, -0.2) is 18.2 Å². The van der Waals surface area contributed by atoms with Crippen LogP contribution in [0.15, 0.2) is 42.7 Å². The summed E-state index contributed by atoms with van der Waals surface area (Å²) in [6.45, 7) is 1.69. The maximum absolute atomic E-state index is 5.54. The molecule has 0 aliphatic rings. The summed E-state index contributed by atoms with van der Waals surface area (Å²) in [5, 5.41) is 0. The van der Waals surface area contributed by atoms with E-state index < -0.39 is 0 Å². The first kappa shape index (κ1) is 12.7. The molecule has 18 heavy (non-hydrogen) atoms. The molecule has 1 aromatic heterocycles. The lowest BCUT2D eigenvalue weighted by Gasteiger charge is -2.05. The molecule has 2 aromatic rings. The monoisotopic (exact) mass is 244 g/mol. The second kappa shape index (κ2) is 6.26. The number of aromatic nitrogens is 1. The largest absolute Gasteiger partial charge is 0.497 e. The van der Waals surface area contributed by atoms with E-state index in [9.17, 15) is 0 Å². The zero-order chi connectivity index (χ0) is 12.8. The first-order valence-electron chi connectivity index (χ1n) is 6.29. The minimum Gasteiger partial charge on any atom is -0.497 e. The Bertz CT molecular complexity index is 491. The molecule has 2 rings (SSSR count). The van der Waals surface area contributed by atoms with Crippen molar-refractivity contribution < 1.29 is 4.74 Å². The smallest absolute Gasteiger partial charge is 0.119 e. The Morgan fingerprint density at radius 2 is 2.06 bits per heavy atom. The number of ether oxygens (including phenoxy) is 1. The lowest BCUT2D eigenvalue weighted by atomic mass is 10.1. The van der Waals surface area contributed by atoms with Crippen molar-refractivity contribution in [3.05, 3.63) is 53.9 Å². The Kier molecular flexibility index (Phi) is 4.42. The molecule has 0 saturated heterocycles. The fourth-order valence-corrected chi connectivity index (χ4v) is 2.03. The third-order valence-electron chi connectivity index (χ3n) is 3.04. The molecule has 1 heterocycles. The van der Waals surface area contributed by atoms with Gasteiger partial charge in [-0.1, -0.05) is 12.1 Å². The van der Waals surface area contributed by atoms with Crippen molar-refractivity contribution in [1.82, 2.24) is 4.57 Å². The molecule has 3 nitrogen and oxygen atoms in total. The van der Waals surface area contributed by atoms with Gasteiger partial charge in [-0.25, -0.2) is 0 Å². The van der Waals surface area contributed by atoms with Crippen LogP contribution in [-0.2, 0) is 19.4 Å². The zero-order valence-electron chi connectivity index (χ0n) is 10.8. The Labute approximate surface area is 108 Å². The van der Waals surface area contributed by atoms with Crippen LogP contribution in [0.25, 0.3) is 0 Å². The molecule has 0 unspecified atom stereocenters. The summed E-state index contributed by atoms with van der Waals surface area (Å²) in [5.74, 6) is 0.920. The van der Waals surface area contributed by atoms with E-state index in [1.165, 1.54) is 11.1 Å². The third kappa shape index (κ3) is 3.37. The number of aryl methyl sites for hydroxylation is 2. The second-order valence-electron chi connectivity index (χ2n) is 4.40. The molecule has 0 radical (unpaired) electrons. The molecule has 0 atom stereocenters. The highest BCUT2D eigenvalue weighted by atomic mass is 16.5. The molecule has 0 aliphatic heterocycles. The molecule has 0 amide bonds. The second-order valence-corrected chi connectivity index (χ2v) is 4.40. The van der Waals surface area contributed by atoms with Gasteiger partial charge >= 0.3 is 0 Å². The van der Waals surface area contributed by atoms with Crippen LogP contribution in [0.4, 0.5) is 0 Å². The van der Waals surface area contributed by atoms with Gasteiger partial charge in [-0.3, -0.25) is 0 Å². The van der Waals surface area contributed by atoms with Crippen molar-refractivity contribution in [3.63, 3.8) is 0 Å². The molecule has 0 spiro atoms. The number of rotatable bonds is 6. The average Bonchev–Trinajstić information content (AvgIpc) is 2.85. The van der Waals surface area contributed by atoms with E-state index in [1.807, 2.05) is 12.1 Å². The standard InChI is InChI=1S/C15H20N2O/c1-18-15-4-2-3-13(11-15)6-9-17-10-7-14(12-17)5-8-16/h2-4,7,10-12H,5-6,8-9,16H2,1H3.